The molecule has 1 fully saturated rings. The van der Waals surface area contributed by atoms with Crippen molar-refractivity contribution in [2.75, 3.05) is 20.1 Å². The maximum Gasteiger partial charge on any atom is 0.183 e. The van der Waals surface area contributed by atoms with E-state index in [9.17, 15) is 4.39 Å². The van der Waals surface area contributed by atoms with Crippen LogP contribution in [0.3, 0.4) is 0 Å². The molecular formula is C13H14ClFN4O. The highest BCUT2D eigenvalue weighted by Crippen LogP contribution is 2.30. The zero-order valence-corrected chi connectivity index (χ0v) is 11.9. The standard InChI is InChI=1S/C13H14ClFN4O/c1-18-6-8(7-18)20-12-3-11(16-5-10(12)15)13-9(14)4-17-19(13)2/h3-5,8H,6-7H2,1-2H3. The summed E-state index contributed by atoms with van der Waals surface area (Å²) in [6.45, 7) is 1.59. The predicted molar refractivity (Wildman–Crippen MR) is 73.3 cm³/mol. The van der Waals surface area contributed by atoms with E-state index in [4.69, 9.17) is 16.3 Å². The largest absolute Gasteiger partial charge is 0.485 e. The number of hydrogen-bond acceptors (Lipinski definition) is 4. The van der Waals surface area contributed by atoms with E-state index in [2.05, 4.69) is 15.0 Å². The minimum Gasteiger partial charge on any atom is -0.485 e. The summed E-state index contributed by atoms with van der Waals surface area (Å²) in [5.41, 5.74) is 1.18. The zero-order valence-electron chi connectivity index (χ0n) is 11.2. The van der Waals surface area contributed by atoms with Crippen molar-refractivity contribution in [2.45, 2.75) is 6.10 Å². The van der Waals surface area contributed by atoms with Crippen molar-refractivity contribution in [2.24, 2.45) is 7.05 Å². The van der Waals surface area contributed by atoms with E-state index in [1.165, 1.54) is 6.20 Å². The van der Waals surface area contributed by atoms with Crippen molar-refractivity contribution in [3.63, 3.8) is 0 Å². The first-order valence-corrected chi connectivity index (χ1v) is 6.61. The van der Waals surface area contributed by atoms with Gasteiger partial charge in [0, 0.05) is 26.2 Å². The van der Waals surface area contributed by atoms with E-state index in [1.54, 1.807) is 17.8 Å². The van der Waals surface area contributed by atoms with Crippen LogP contribution in [0.2, 0.25) is 5.02 Å². The smallest absolute Gasteiger partial charge is 0.183 e. The Balaban J connectivity index is 1.90. The van der Waals surface area contributed by atoms with E-state index < -0.39 is 5.82 Å². The third kappa shape index (κ3) is 2.36. The molecule has 3 rings (SSSR count). The van der Waals surface area contributed by atoms with E-state index >= 15 is 0 Å². The molecule has 0 unspecified atom stereocenters. The first-order valence-electron chi connectivity index (χ1n) is 6.23. The van der Waals surface area contributed by atoms with Crippen LogP contribution in [0.1, 0.15) is 0 Å². The number of pyridine rings is 1. The summed E-state index contributed by atoms with van der Waals surface area (Å²) < 4.78 is 21.0. The van der Waals surface area contributed by atoms with Gasteiger partial charge in [0.25, 0.3) is 0 Å². The van der Waals surface area contributed by atoms with Gasteiger partial charge in [0.2, 0.25) is 0 Å². The summed E-state index contributed by atoms with van der Waals surface area (Å²) in [6, 6.07) is 1.57. The van der Waals surface area contributed by atoms with Gasteiger partial charge in [0.05, 0.1) is 23.1 Å². The lowest BCUT2D eigenvalue weighted by Gasteiger charge is -2.36. The topological polar surface area (TPSA) is 43.2 Å². The van der Waals surface area contributed by atoms with Crippen LogP contribution >= 0.6 is 11.6 Å². The van der Waals surface area contributed by atoms with Gasteiger partial charge in [0.1, 0.15) is 11.8 Å². The fourth-order valence-corrected chi connectivity index (χ4v) is 2.50. The number of nitrogens with zero attached hydrogens (tertiary/aromatic N) is 4. The van der Waals surface area contributed by atoms with Crippen LogP contribution in [0.15, 0.2) is 18.5 Å². The molecule has 0 atom stereocenters. The maximum atomic E-state index is 13.8. The monoisotopic (exact) mass is 296 g/mol. The fourth-order valence-electron chi connectivity index (χ4n) is 2.23. The molecule has 20 heavy (non-hydrogen) atoms. The molecule has 7 heteroatoms. The van der Waals surface area contributed by atoms with Gasteiger partial charge in [-0.2, -0.15) is 5.10 Å². The van der Waals surface area contributed by atoms with Crippen LogP contribution in [-0.2, 0) is 7.05 Å². The highest BCUT2D eigenvalue weighted by atomic mass is 35.5. The van der Waals surface area contributed by atoms with Crippen LogP contribution in [0.4, 0.5) is 4.39 Å². The number of likely N-dealkylation sites (tertiary alicyclic amines) is 1. The molecule has 0 aromatic carbocycles. The molecule has 1 aliphatic rings. The normalized spacial score (nSPS) is 16.2. The Morgan fingerprint density at radius 2 is 2.10 bits per heavy atom. The molecule has 0 radical (unpaired) electrons. The highest BCUT2D eigenvalue weighted by molar-refractivity contribution is 6.32. The summed E-state index contributed by atoms with van der Waals surface area (Å²) in [4.78, 5) is 6.16. The van der Waals surface area contributed by atoms with Crippen molar-refractivity contribution in [1.29, 1.82) is 0 Å². The minimum absolute atomic E-state index is 0.0201. The molecule has 2 aromatic heterocycles. The van der Waals surface area contributed by atoms with Crippen molar-refractivity contribution in [1.82, 2.24) is 19.7 Å². The molecule has 1 aliphatic heterocycles. The summed E-state index contributed by atoms with van der Waals surface area (Å²) in [5.74, 6) is -0.271. The molecule has 0 N–H and O–H groups in total. The molecule has 1 saturated heterocycles. The third-order valence-electron chi connectivity index (χ3n) is 3.28. The first kappa shape index (κ1) is 13.3. The number of aromatic nitrogens is 3. The summed E-state index contributed by atoms with van der Waals surface area (Å²) in [6.07, 6.45) is 2.70. The predicted octanol–water partition coefficient (Wildman–Crippen LogP) is 1.97. The molecule has 0 amide bonds. The third-order valence-corrected chi connectivity index (χ3v) is 3.56. The van der Waals surface area contributed by atoms with Gasteiger partial charge >= 0.3 is 0 Å². The lowest BCUT2D eigenvalue weighted by atomic mass is 10.2. The van der Waals surface area contributed by atoms with Crippen LogP contribution in [0.25, 0.3) is 11.4 Å². The van der Waals surface area contributed by atoms with E-state index in [-0.39, 0.29) is 11.9 Å². The van der Waals surface area contributed by atoms with Crippen LogP contribution in [0, 0.1) is 5.82 Å². The van der Waals surface area contributed by atoms with Crippen LogP contribution < -0.4 is 4.74 Å². The lowest BCUT2D eigenvalue weighted by molar-refractivity contribution is 0.0360. The van der Waals surface area contributed by atoms with Crippen molar-refractivity contribution < 1.29 is 9.13 Å². The van der Waals surface area contributed by atoms with Gasteiger partial charge in [0.15, 0.2) is 11.6 Å². The Morgan fingerprint density at radius 3 is 2.70 bits per heavy atom. The van der Waals surface area contributed by atoms with Crippen LogP contribution in [0.5, 0.6) is 5.75 Å². The first-order chi connectivity index (χ1) is 9.54. The number of rotatable bonds is 3. The SMILES string of the molecule is CN1CC(Oc2cc(-c3c(Cl)cnn3C)ncc2F)C1. The molecule has 5 nitrogen and oxygen atoms in total. The van der Waals surface area contributed by atoms with Gasteiger partial charge in [-0.05, 0) is 7.05 Å². The molecule has 106 valence electrons. The lowest BCUT2D eigenvalue weighted by Crippen LogP contribution is -2.51. The Labute approximate surface area is 120 Å². The molecular weight excluding hydrogens is 283 g/mol. The van der Waals surface area contributed by atoms with Crippen molar-refractivity contribution >= 4 is 11.6 Å². The summed E-state index contributed by atoms with van der Waals surface area (Å²) >= 11 is 6.07. The van der Waals surface area contributed by atoms with Gasteiger partial charge < -0.3 is 4.74 Å². The number of aryl methyl sites for hydroxylation is 1. The second-order valence-corrected chi connectivity index (χ2v) is 5.33. The maximum absolute atomic E-state index is 13.8. The Kier molecular flexibility index (Phi) is 3.35. The molecule has 2 aromatic rings. The van der Waals surface area contributed by atoms with Gasteiger partial charge in [-0.15, -0.1) is 0 Å². The molecule has 0 spiro atoms. The van der Waals surface area contributed by atoms with Gasteiger partial charge in [-0.3, -0.25) is 14.6 Å². The Bertz CT molecular complexity index is 620. The minimum atomic E-state index is -0.471. The van der Waals surface area contributed by atoms with Crippen molar-refractivity contribution in [3.05, 3.63) is 29.3 Å². The quantitative estimate of drug-likeness (QED) is 0.868. The molecule has 0 saturated carbocycles. The molecule has 0 aliphatic carbocycles. The fraction of sp³-hybridized carbons (Fsp3) is 0.385. The van der Waals surface area contributed by atoms with Crippen molar-refractivity contribution in [3.8, 4) is 17.1 Å². The second-order valence-electron chi connectivity index (χ2n) is 4.93. The zero-order chi connectivity index (χ0) is 14.3. The Morgan fingerprint density at radius 1 is 1.35 bits per heavy atom. The second kappa shape index (κ2) is 5.03. The van der Waals surface area contributed by atoms with E-state index in [0.717, 1.165) is 19.3 Å². The van der Waals surface area contributed by atoms with E-state index in [1.807, 2.05) is 7.05 Å². The number of hydrogen-bond donors (Lipinski definition) is 0. The average Bonchev–Trinajstić information content (AvgIpc) is 2.70. The summed E-state index contributed by atoms with van der Waals surface area (Å²) in [7, 11) is 3.75. The van der Waals surface area contributed by atoms with E-state index in [0.29, 0.717) is 16.4 Å². The summed E-state index contributed by atoms with van der Waals surface area (Å²) in [5, 5.41) is 4.52. The average molecular weight is 297 g/mol. The van der Waals surface area contributed by atoms with Gasteiger partial charge in [-0.25, -0.2) is 4.39 Å². The number of halogens is 2. The molecule has 3 heterocycles. The number of likely N-dealkylation sites (N-methyl/N-ethyl adjacent to an activating group) is 1. The van der Waals surface area contributed by atoms with Crippen LogP contribution in [-0.4, -0.2) is 45.9 Å². The van der Waals surface area contributed by atoms with Gasteiger partial charge in [-0.1, -0.05) is 11.6 Å². The number of ether oxygens (including phenoxy) is 1. The Hall–Kier alpha value is -1.66. The highest BCUT2D eigenvalue weighted by Gasteiger charge is 2.26. The molecule has 0 bridgehead atoms.